The number of halogens is 2. The van der Waals surface area contributed by atoms with Crippen molar-refractivity contribution in [3.63, 3.8) is 0 Å². The van der Waals surface area contributed by atoms with Crippen molar-refractivity contribution in [2.24, 2.45) is 0 Å². The summed E-state index contributed by atoms with van der Waals surface area (Å²) in [7, 11) is 0. The normalized spacial score (nSPS) is 16.5. The summed E-state index contributed by atoms with van der Waals surface area (Å²) in [5, 5.41) is 5.80. The summed E-state index contributed by atoms with van der Waals surface area (Å²) in [6, 6.07) is 8.32. The summed E-state index contributed by atoms with van der Waals surface area (Å²) in [5.74, 6) is 0. The van der Waals surface area contributed by atoms with E-state index >= 15 is 0 Å². The number of anilines is 2. The first-order valence-electron chi connectivity index (χ1n) is 9.69. The van der Waals surface area contributed by atoms with Gasteiger partial charge in [-0.2, -0.15) is 0 Å². The van der Waals surface area contributed by atoms with Crippen LogP contribution in [-0.4, -0.2) is 47.3 Å². The quantitative estimate of drug-likeness (QED) is 0.535. The summed E-state index contributed by atoms with van der Waals surface area (Å²) in [6.45, 7) is 6.80. The van der Waals surface area contributed by atoms with Crippen LogP contribution >= 0.6 is 27.5 Å². The largest absolute Gasteiger partial charge is 0.444 e. The Morgan fingerprint density at radius 3 is 2.68 bits per heavy atom. The number of morpholine rings is 1. The third kappa shape index (κ3) is 6.81. The Kier molecular flexibility index (Phi) is 7.40. The number of urea groups is 1. The number of hydrogen-bond acceptors (Lipinski definition) is 5. The molecule has 31 heavy (non-hydrogen) atoms. The molecule has 1 atom stereocenters. The van der Waals surface area contributed by atoms with E-state index in [9.17, 15) is 9.59 Å². The molecule has 1 aromatic heterocycles. The lowest BCUT2D eigenvalue weighted by Gasteiger charge is -2.34. The molecule has 1 saturated heterocycles. The fourth-order valence-corrected chi connectivity index (χ4v) is 3.52. The average molecular weight is 512 g/mol. The molecule has 10 heteroatoms. The molecule has 1 fully saturated rings. The Bertz CT molecular complexity index is 949. The Morgan fingerprint density at radius 1 is 1.26 bits per heavy atom. The number of ether oxygens (including phenoxy) is 2. The Hall–Kier alpha value is -2.36. The zero-order valence-electron chi connectivity index (χ0n) is 17.4. The first-order chi connectivity index (χ1) is 14.6. The molecule has 0 aliphatic carbocycles. The number of nitrogens with one attached hydrogen (secondary N) is 2. The van der Waals surface area contributed by atoms with Crippen LogP contribution < -0.4 is 10.6 Å². The van der Waals surface area contributed by atoms with Crippen LogP contribution in [-0.2, 0) is 9.47 Å². The molecule has 0 spiro atoms. The van der Waals surface area contributed by atoms with Crippen LogP contribution in [0.5, 0.6) is 0 Å². The molecular weight excluding hydrogens is 488 g/mol. The molecule has 3 rings (SSSR count). The summed E-state index contributed by atoms with van der Waals surface area (Å²) in [4.78, 5) is 30.2. The van der Waals surface area contributed by atoms with Gasteiger partial charge < -0.3 is 25.0 Å². The van der Waals surface area contributed by atoms with Gasteiger partial charge in [-0.05, 0) is 66.5 Å². The van der Waals surface area contributed by atoms with Crippen LogP contribution in [0.15, 0.2) is 41.0 Å². The van der Waals surface area contributed by atoms with Gasteiger partial charge in [0, 0.05) is 11.0 Å². The fourth-order valence-electron chi connectivity index (χ4n) is 2.91. The van der Waals surface area contributed by atoms with Gasteiger partial charge in [0.2, 0.25) is 0 Å². The van der Waals surface area contributed by atoms with Crippen molar-refractivity contribution in [2.75, 3.05) is 30.3 Å². The Labute approximate surface area is 194 Å². The number of amides is 3. The van der Waals surface area contributed by atoms with Crippen LogP contribution in [0, 0.1) is 0 Å². The van der Waals surface area contributed by atoms with E-state index in [2.05, 4.69) is 31.5 Å². The second kappa shape index (κ2) is 9.84. The number of pyridine rings is 1. The molecule has 1 aliphatic heterocycles. The maximum absolute atomic E-state index is 12.4. The minimum absolute atomic E-state index is 0.291. The second-order valence-corrected chi connectivity index (χ2v) is 9.22. The van der Waals surface area contributed by atoms with Gasteiger partial charge >= 0.3 is 12.1 Å². The van der Waals surface area contributed by atoms with Crippen molar-refractivity contribution in [1.29, 1.82) is 0 Å². The minimum Gasteiger partial charge on any atom is -0.444 e. The van der Waals surface area contributed by atoms with Gasteiger partial charge in [-0.3, -0.25) is 0 Å². The lowest BCUT2D eigenvalue weighted by Crippen LogP contribution is -2.44. The molecule has 8 nitrogen and oxygen atoms in total. The van der Waals surface area contributed by atoms with Crippen molar-refractivity contribution in [3.8, 4) is 0 Å². The maximum atomic E-state index is 12.4. The predicted molar refractivity (Wildman–Crippen MR) is 123 cm³/mol. The van der Waals surface area contributed by atoms with Gasteiger partial charge in [0.05, 0.1) is 30.7 Å². The molecule has 2 heterocycles. The molecule has 2 N–H and O–H groups in total. The molecule has 1 aliphatic rings. The third-order valence-electron chi connectivity index (χ3n) is 4.32. The van der Waals surface area contributed by atoms with Crippen molar-refractivity contribution >= 4 is 51.0 Å². The highest BCUT2D eigenvalue weighted by atomic mass is 79.9. The summed E-state index contributed by atoms with van der Waals surface area (Å²) < 4.78 is 12.0. The van der Waals surface area contributed by atoms with E-state index in [1.807, 2.05) is 32.9 Å². The standard InChI is InChI=1S/C21H24BrClN4O4/c1-21(2,3)31-20(29)27-8-9-30-17(12-27)13-4-6-16(15(22)10-13)26-19(28)25-14-5-7-18(23)24-11-14/h4-7,10-11,17H,8-9,12H2,1-3H3,(H2,25,26,28)/t17-/m1/s1. The van der Waals surface area contributed by atoms with Gasteiger partial charge in [-0.25, -0.2) is 14.6 Å². The number of hydrogen-bond donors (Lipinski definition) is 2. The number of benzene rings is 1. The van der Waals surface area contributed by atoms with Gasteiger partial charge in [0.1, 0.15) is 16.9 Å². The SMILES string of the molecule is CC(C)(C)OC(=O)N1CCO[C@@H](c2ccc(NC(=O)Nc3ccc(Cl)nc3)c(Br)c2)C1. The van der Waals surface area contributed by atoms with E-state index < -0.39 is 11.6 Å². The van der Waals surface area contributed by atoms with Crippen molar-refractivity contribution < 1.29 is 19.1 Å². The zero-order chi connectivity index (χ0) is 22.6. The monoisotopic (exact) mass is 510 g/mol. The second-order valence-electron chi connectivity index (χ2n) is 7.97. The summed E-state index contributed by atoms with van der Waals surface area (Å²) in [6.07, 6.45) is 0.823. The molecule has 3 amide bonds. The fraction of sp³-hybridized carbons (Fsp3) is 0.381. The highest BCUT2D eigenvalue weighted by Crippen LogP contribution is 2.30. The summed E-state index contributed by atoms with van der Waals surface area (Å²) >= 11 is 9.24. The molecule has 1 aromatic carbocycles. The van der Waals surface area contributed by atoms with Gasteiger partial charge in [-0.1, -0.05) is 17.7 Å². The van der Waals surface area contributed by atoms with Crippen LogP contribution in [0.2, 0.25) is 5.15 Å². The van der Waals surface area contributed by atoms with E-state index in [4.69, 9.17) is 21.1 Å². The van der Waals surface area contributed by atoms with Crippen LogP contribution in [0.4, 0.5) is 21.0 Å². The molecule has 0 saturated carbocycles. The predicted octanol–water partition coefficient (Wildman–Crippen LogP) is 5.45. The highest BCUT2D eigenvalue weighted by Gasteiger charge is 2.29. The van der Waals surface area contributed by atoms with E-state index in [1.54, 1.807) is 23.1 Å². The Morgan fingerprint density at radius 2 is 2.03 bits per heavy atom. The van der Waals surface area contributed by atoms with Crippen molar-refractivity contribution in [1.82, 2.24) is 9.88 Å². The number of aromatic nitrogens is 1. The maximum Gasteiger partial charge on any atom is 0.410 e. The van der Waals surface area contributed by atoms with Crippen LogP contribution in [0.1, 0.15) is 32.4 Å². The molecule has 0 bridgehead atoms. The van der Waals surface area contributed by atoms with E-state index in [1.165, 1.54) is 6.20 Å². The molecule has 2 aromatic rings. The van der Waals surface area contributed by atoms with E-state index in [0.29, 0.717) is 40.7 Å². The molecule has 0 unspecified atom stereocenters. The van der Waals surface area contributed by atoms with Gasteiger partial charge in [0.15, 0.2) is 0 Å². The number of rotatable bonds is 3. The average Bonchev–Trinajstić information content (AvgIpc) is 2.70. The smallest absolute Gasteiger partial charge is 0.410 e. The summed E-state index contributed by atoms with van der Waals surface area (Å²) in [5.41, 5.74) is 1.44. The molecule has 166 valence electrons. The van der Waals surface area contributed by atoms with Crippen LogP contribution in [0.25, 0.3) is 0 Å². The number of carbonyl (C=O) groups excluding carboxylic acids is 2. The van der Waals surface area contributed by atoms with E-state index in [-0.39, 0.29) is 12.2 Å². The van der Waals surface area contributed by atoms with E-state index in [0.717, 1.165) is 5.56 Å². The van der Waals surface area contributed by atoms with Crippen LogP contribution in [0.3, 0.4) is 0 Å². The topological polar surface area (TPSA) is 92.8 Å². The minimum atomic E-state index is -0.552. The molecular formula is C21H24BrClN4O4. The highest BCUT2D eigenvalue weighted by molar-refractivity contribution is 9.10. The number of carbonyl (C=O) groups is 2. The molecule has 0 radical (unpaired) electrons. The van der Waals surface area contributed by atoms with Gasteiger partial charge in [0.25, 0.3) is 0 Å². The first kappa shape index (κ1) is 23.3. The van der Waals surface area contributed by atoms with Crippen molar-refractivity contribution in [2.45, 2.75) is 32.5 Å². The van der Waals surface area contributed by atoms with Crippen molar-refractivity contribution in [3.05, 3.63) is 51.7 Å². The third-order valence-corrected chi connectivity index (χ3v) is 5.20. The zero-order valence-corrected chi connectivity index (χ0v) is 19.8. The first-order valence-corrected chi connectivity index (χ1v) is 10.9. The Balaban J connectivity index is 1.62. The van der Waals surface area contributed by atoms with Gasteiger partial charge in [-0.15, -0.1) is 0 Å². The number of nitrogens with zero attached hydrogens (tertiary/aromatic N) is 2. The lowest BCUT2D eigenvalue weighted by molar-refractivity contribution is -0.0433. The lowest BCUT2D eigenvalue weighted by atomic mass is 10.1.